The summed E-state index contributed by atoms with van der Waals surface area (Å²) >= 11 is 6.62. The van der Waals surface area contributed by atoms with Crippen molar-refractivity contribution in [2.45, 2.75) is 42.7 Å². The second-order valence-corrected chi connectivity index (χ2v) is 11.7. The van der Waals surface area contributed by atoms with Crippen molar-refractivity contribution in [2.24, 2.45) is 7.05 Å². The molecule has 0 unspecified atom stereocenters. The summed E-state index contributed by atoms with van der Waals surface area (Å²) in [4.78, 5) is 8.15. The van der Waals surface area contributed by atoms with Crippen LogP contribution in [0.1, 0.15) is 36.4 Å². The van der Waals surface area contributed by atoms with Crippen molar-refractivity contribution in [3.63, 3.8) is 0 Å². The summed E-state index contributed by atoms with van der Waals surface area (Å²) in [5, 5.41) is 4.50. The van der Waals surface area contributed by atoms with Gasteiger partial charge in [-0.15, -0.1) is 0 Å². The molecule has 0 aliphatic heterocycles. The number of anilines is 1. The fraction of sp³-hybridized carbons (Fsp3) is 0.321. The van der Waals surface area contributed by atoms with Crippen molar-refractivity contribution in [3.05, 3.63) is 83.5 Å². The van der Waals surface area contributed by atoms with Gasteiger partial charge in [-0.2, -0.15) is 5.10 Å². The molecular formula is C28H30ClN5O5S. The summed E-state index contributed by atoms with van der Waals surface area (Å²) in [5.74, 6) is 1.89. The fourth-order valence-electron chi connectivity index (χ4n) is 5.04. The van der Waals surface area contributed by atoms with Crippen LogP contribution in [-0.4, -0.2) is 48.5 Å². The highest BCUT2D eigenvalue weighted by Gasteiger charge is 2.33. The Labute approximate surface area is 238 Å². The van der Waals surface area contributed by atoms with E-state index in [-0.39, 0.29) is 34.3 Å². The maximum Gasteiger partial charge on any atom is 0.265 e. The lowest BCUT2D eigenvalue weighted by Crippen LogP contribution is -2.31. The van der Waals surface area contributed by atoms with Crippen LogP contribution in [0.15, 0.2) is 72.1 Å². The van der Waals surface area contributed by atoms with Gasteiger partial charge >= 0.3 is 0 Å². The van der Waals surface area contributed by atoms with Gasteiger partial charge in [-0.25, -0.2) is 22.7 Å². The van der Waals surface area contributed by atoms with Crippen LogP contribution in [0.4, 0.5) is 5.82 Å². The molecule has 0 spiro atoms. The van der Waals surface area contributed by atoms with Crippen molar-refractivity contribution >= 4 is 27.4 Å². The van der Waals surface area contributed by atoms with E-state index in [9.17, 15) is 8.42 Å². The molecule has 0 saturated heterocycles. The molecule has 40 heavy (non-hydrogen) atoms. The number of benzene rings is 2. The molecule has 2 aromatic carbocycles. The number of rotatable bonds is 10. The quantitative estimate of drug-likeness (QED) is 0.257. The highest BCUT2D eigenvalue weighted by molar-refractivity contribution is 7.92. The Hall–Kier alpha value is -3.83. The first-order valence-corrected chi connectivity index (χ1v) is 14.6. The van der Waals surface area contributed by atoms with E-state index in [1.807, 2.05) is 17.8 Å². The van der Waals surface area contributed by atoms with Gasteiger partial charge in [0.25, 0.3) is 10.0 Å². The molecule has 12 heteroatoms. The Balaban J connectivity index is 1.44. The van der Waals surface area contributed by atoms with Gasteiger partial charge < -0.3 is 14.2 Å². The summed E-state index contributed by atoms with van der Waals surface area (Å²) in [6, 6.07) is 13.3. The molecule has 0 amide bonds. The third-order valence-corrected chi connectivity index (χ3v) is 9.13. The van der Waals surface area contributed by atoms with Crippen molar-refractivity contribution in [1.82, 2.24) is 19.7 Å². The first-order valence-electron chi connectivity index (χ1n) is 12.8. The Bertz CT molecular complexity index is 1580. The fourth-order valence-corrected chi connectivity index (χ4v) is 6.75. The molecule has 2 heterocycles. The molecule has 4 aromatic rings. The lowest BCUT2D eigenvalue weighted by molar-refractivity contribution is 0.187. The van der Waals surface area contributed by atoms with E-state index in [1.54, 1.807) is 37.6 Å². The summed E-state index contributed by atoms with van der Waals surface area (Å²) in [6.07, 6.45) is 7.35. The van der Waals surface area contributed by atoms with Gasteiger partial charge in [0.1, 0.15) is 35.5 Å². The number of hydrogen-bond donors (Lipinski definition) is 0. The van der Waals surface area contributed by atoms with Crippen LogP contribution in [0.2, 0.25) is 5.02 Å². The van der Waals surface area contributed by atoms with Crippen LogP contribution in [-0.2, 0) is 23.6 Å². The van der Waals surface area contributed by atoms with Crippen LogP contribution in [0.5, 0.6) is 17.2 Å². The van der Waals surface area contributed by atoms with E-state index < -0.39 is 10.0 Å². The van der Waals surface area contributed by atoms with E-state index in [1.165, 1.54) is 42.1 Å². The predicted octanol–water partition coefficient (Wildman–Crippen LogP) is 4.99. The van der Waals surface area contributed by atoms with Gasteiger partial charge in [0.05, 0.1) is 30.7 Å². The Morgan fingerprint density at radius 1 is 1.02 bits per heavy atom. The maximum atomic E-state index is 14.0. The minimum absolute atomic E-state index is 0.00514. The van der Waals surface area contributed by atoms with Crippen molar-refractivity contribution in [3.8, 4) is 17.2 Å². The van der Waals surface area contributed by atoms with Crippen molar-refractivity contribution in [2.75, 3.05) is 18.5 Å². The van der Waals surface area contributed by atoms with Crippen molar-refractivity contribution < 1.29 is 22.6 Å². The molecule has 210 valence electrons. The Morgan fingerprint density at radius 3 is 2.55 bits per heavy atom. The van der Waals surface area contributed by atoms with E-state index in [0.717, 1.165) is 25.0 Å². The molecule has 1 fully saturated rings. The summed E-state index contributed by atoms with van der Waals surface area (Å²) in [5.41, 5.74) is 1.73. The minimum atomic E-state index is -4.11. The number of ether oxygens (including phenoxy) is 3. The van der Waals surface area contributed by atoms with E-state index in [2.05, 4.69) is 15.1 Å². The number of hydrogen-bond acceptors (Lipinski definition) is 8. The van der Waals surface area contributed by atoms with Gasteiger partial charge in [-0.1, -0.05) is 11.6 Å². The van der Waals surface area contributed by atoms with Crippen LogP contribution in [0, 0.1) is 0 Å². The summed E-state index contributed by atoms with van der Waals surface area (Å²) < 4.78 is 48.2. The number of methoxy groups -OCH3 is 2. The highest BCUT2D eigenvalue weighted by Crippen LogP contribution is 2.39. The lowest BCUT2D eigenvalue weighted by Gasteiger charge is -2.25. The van der Waals surface area contributed by atoms with E-state index in [0.29, 0.717) is 22.8 Å². The average molecular weight is 584 g/mol. The molecule has 2 atom stereocenters. The van der Waals surface area contributed by atoms with E-state index in [4.69, 9.17) is 25.8 Å². The number of halogens is 1. The molecule has 1 saturated carbocycles. The minimum Gasteiger partial charge on any atom is -0.497 e. The van der Waals surface area contributed by atoms with Crippen LogP contribution in [0.3, 0.4) is 0 Å². The number of nitrogens with zero attached hydrogens (tertiary/aromatic N) is 5. The van der Waals surface area contributed by atoms with Gasteiger partial charge in [0.15, 0.2) is 0 Å². The molecule has 0 N–H and O–H groups in total. The summed E-state index contributed by atoms with van der Waals surface area (Å²) in [6.45, 7) is -0.0448. The van der Waals surface area contributed by atoms with Gasteiger partial charge in [-0.3, -0.25) is 4.68 Å². The third-order valence-electron chi connectivity index (χ3n) is 7.09. The largest absolute Gasteiger partial charge is 0.497 e. The topological polar surface area (TPSA) is 109 Å². The number of aryl methyl sites for hydroxylation is 1. The molecule has 1 aliphatic rings. The smallest absolute Gasteiger partial charge is 0.265 e. The highest BCUT2D eigenvalue weighted by atomic mass is 35.5. The molecule has 10 nitrogen and oxygen atoms in total. The zero-order valence-electron chi connectivity index (χ0n) is 22.4. The average Bonchev–Trinajstić information content (AvgIpc) is 3.61. The predicted molar refractivity (Wildman–Crippen MR) is 151 cm³/mol. The second-order valence-electron chi connectivity index (χ2n) is 9.42. The zero-order valence-corrected chi connectivity index (χ0v) is 24.0. The Morgan fingerprint density at radius 2 is 1.88 bits per heavy atom. The second kappa shape index (κ2) is 11.7. The molecule has 0 bridgehead atoms. The monoisotopic (exact) mass is 583 g/mol. The standard InChI is InChI=1S/C28H30ClN5O5S/c1-33-24(11-14-32-33)22-5-4-6-25(22)39-26-10-9-21(16-23(26)29)40(35,36)34(28-12-13-30-18-31-28)17-19-7-8-20(37-2)15-27(19)38-3/h7-16,18,22,25H,4-6,17H2,1-3H3/t22-,25+/m1/s1. The van der Waals surface area contributed by atoms with Crippen LogP contribution < -0.4 is 18.5 Å². The Kier molecular flexibility index (Phi) is 8.13. The first-order chi connectivity index (χ1) is 19.3. The molecular weight excluding hydrogens is 554 g/mol. The normalized spacial score (nSPS) is 17.0. The molecule has 1 aliphatic carbocycles. The molecule has 2 aromatic heterocycles. The van der Waals surface area contributed by atoms with Gasteiger partial charge in [-0.05, 0) is 55.7 Å². The number of aromatic nitrogens is 4. The zero-order chi connectivity index (χ0) is 28.3. The van der Waals surface area contributed by atoms with Crippen molar-refractivity contribution in [1.29, 1.82) is 0 Å². The first kappa shape index (κ1) is 27.7. The van der Waals surface area contributed by atoms with E-state index >= 15 is 0 Å². The van der Waals surface area contributed by atoms with Crippen LogP contribution >= 0.6 is 11.6 Å². The number of sulfonamides is 1. The SMILES string of the molecule is COc1ccc(CN(c2ccncn2)S(=O)(=O)c2ccc(O[C@H]3CCC[C@@H]3c3ccnn3C)c(Cl)c2)c(OC)c1. The molecule has 5 rings (SSSR count). The maximum absolute atomic E-state index is 14.0. The molecule has 0 radical (unpaired) electrons. The summed E-state index contributed by atoms with van der Waals surface area (Å²) in [7, 11) is 0.880. The van der Waals surface area contributed by atoms with Gasteiger partial charge in [0.2, 0.25) is 0 Å². The lowest BCUT2D eigenvalue weighted by atomic mass is 10.0. The van der Waals surface area contributed by atoms with Gasteiger partial charge in [0, 0.05) is 48.7 Å². The van der Waals surface area contributed by atoms with Crippen LogP contribution in [0.25, 0.3) is 0 Å². The third kappa shape index (κ3) is 5.57.